The third-order valence-electron chi connectivity index (χ3n) is 8.41. The van der Waals surface area contributed by atoms with E-state index in [1.807, 2.05) is 48.8 Å². The molecule has 0 radical (unpaired) electrons. The van der Waals surface area contributed by atoms with Gasteiger partial charge in [0.15, 0.2) is 0 Å². The minimum Gasteiger partial charge on any atom is -0.426 e. The van der Waals surface area contributed by atoms with Crippen LogP contribution < -0.4 is 9.47 Å². The monoisotopic (exact) mass is 602 g/mol. The molecule has 4 rings (SSSR count). The van der Waals surface area contributed by atoms with Crippen molar-refractivity contribution in [2.75, 3.05) is 13.1 Å². The van der Waals surface area contributed by atoms with Crippen LogP contribution in [0.25, 0.3) is 21.8 Å². The van der Waals surface area contributed by atoms with E-state index in [1.165, 1.54) is 0 Å². The zero-order chi connectivity index (χ0) is 32.0. The van der Waals surface area contributed by atoms with Crippen LogP contribution in [0.2, 0.25) is 0 Å². The lowest BCUT2D eigenvalue weighted by Crippen LogP contribution is -2.38. The summed E-state index contributed by atoms with van der Waals surface area (Å²) in [6, 6.07) is 13.1. The van der Waals surface area contributed by atoms with Crippen LogP contribution >= 0.6 is 0 Å². The van der Waals surface area contributed by atoms with E-state index in [2.05, 4.69) is 75.2 Å². The summed E-state index contributed by atoms with van der Waals surface area (Å²) in [7, 11) is 0. The molecule has 0 spiro atoms. The SMILES string of the molecule is CC(C)N(CCc1c[nH]c2cccc(OC(=O)CCC(=O)Oc3cccc4[nH]cc(CCN(C(C)C)C(C)C)c34)c12)C(C)C. The Morgan fingerprint density at radius 1 is 0.614 bits per heavy atom. The summed E-state index contributed by atoms with van der Waals surface area (Å²) < 4.78 is 11.6. The molecule has 8 heteroatoms. The van der Waals surface area contributed by atoms with E-state index >= 15 is 0 Å². The topological polar surface area (TPSA) is 90.7 Å². The number of carbonyl (C=O) groups is 2. The fourth-order valence-electron chi connectivity index (χ4n) is 6.28. The molecule has 0 bridgehead atoms. The van der Waals surface area contributed by atoms with Crippen molar-refractivity contribution in [3.05, 3.63) is 59.9 Å². The van der Waals surface area contributed by atoms with Crippen LogP contribution in [0.15, 0.2) is 48.8 Å². The molecule has 0 aliphatic rings. The standard InChI is InChI=1S/C36H50N4O4/c1-23(2)39(24(3)4)19-17-27-21-37-29-11-9-13-31(35(27)29)43-33(41)15-16-34(42)44-32-14-10-12-30-36(32)28(22-38-30)18-20-40(25(5)6)26(7)8/h9-14,21-26,37-38H,15-20H2,1-8H3. The van der Waals surface area contributed by atoms with Gasteiger partial charge in [-0.15, -0.1) is 0 Å². The summed E-state index contributed by atoms with van der Waals surface area (Å²) in [5, 5.41) is 1.83. The highest BCUT2D eigenvalue weighted by Gasteiger charge is 2.20. The second kappa shape index (κ2) is 14.9. The van der Waals surface area contributed by atoms with Gasteiger partial charge < -0.3 is 19.4 Å². The molecule has 2 aromatic carbocycles. The molecular formula is C36H50N4O4. The first-order valence-corrected chi connectivity index (χ1v) is 16.1. The molecule has 4 aromatic rings. The summed E-state index contributed by atoms with van der Waals surface area (Å²) in [5.74, 6) is 0.0962. The smallest absolute Gasteiger partial charge is 0.311 e. The number of fused-ring (bicyclic) bond motifs is 2. The number of rotatable bonds is 15. The maximum atomic E-state index is 12.9. The third-order valence-corrected chi connectivity index (χ3v) is 8.41. The Labute approximate surface area is 262 Å². The van der Waals surface area contributed by atoms with E-state index in [0.29, 0.717) is 35.7 Å². The average molecular weight is 603 g/mol. The Kier molecular flexibility index (Phi) is 11.3. The van der Waals surface area contributed by atoms with E-state index in [4.69, 9.17) is 9.47 Å². The molecule has 0 aliphatic carbocycles. The number of nitrogens with zero attached hydrogens (tertiary/aromatic N) is 2. The van der Waals surface area contributed by atoms with Crippen LogP contribution in [0.4, 0.5) is 0 Å². The van der Waals surface area contributed by atoms with E-state index in [1.54, 1.807) is 0 Å². The summed E-state index contributed by atoms with van der Waals surface area (Å²) in [4.78, 5) is 37.4. The highest BCUT2D eigenvalue weighted by molar-refractivity contribution is 5.93. The number of hydrogen-bond acceptors (Lipinski definition) is 6. The van der Waals surface area contributed by atoms with Gasteiger partial charge in [0.2, 0.25) is 0 Å². The Morgan fingerprint density at radius 2 is 0.977 bits per heavy atom. The predicted octanol–water partition coefficient (Wildman–Crippen LogP) is 7.26. The number of nitrogens with one attached hydrogen (secondary N) is 2. The van der Waals surface area contributed by atoms with Gasteiger partial charge in [-0.05, 0) is 104 Å². The number of esters is 2. The lowest BCUT2D eigenvalue weighted by Gasteiger charge is -2.30. The second-order valence-electron chi connectivity index (χ2n) is 12.8. The van der Waals surface area contributed by atoms with Crippen molar-refractivity contribution in [1.82, 2.24) is 19.8 Å². The van der Waals surface area contributed by atoms with Gasteiger partial charge in [-0.2, -0.15) is 0 Å². The number of aromatic nitrogens is 2. The molecule has 0 saturated carbocycles. The molecule has 0 atom stereocenters. The molecule has 2 aromatic heterocycles. The van der Waals surface area contributed by atoms with Crippen LogP contribution in [-0.2, 0) is 22.4 Å². The van der Waals surface area contributed by atoms with Gasteiger partial charge in [-0.3, -0.25) is 19.4 Å². The van der Waals surface area contributed by atoms with E-state index in [0.717, 1.165) is 58.9 Å². The molecule has 44 heavy (non-hydrogen) atoms. The van der Waals surface area contributed by atoms with Crippen molar-refractivity contribution < 1.29 is 19.1 Å². The number of ether oxygens (including phenoxy) is 2. The normalized spacial score (nSPS) is 12.2. The first-order chi connectivity index (χ1) is 21.0. The fourth-order valence-corrected chi connectivity index (χ4v) is 6.28. The summed E-state index contributed by atoms with van der Waals surface area (Å²) in [5.41, 5.74) is 4.06. The quantitative estimate of drug-likeness (QED) is 0.110. The van der Waals surface area contributed by atoms with Crippen molar-refractivity contribution in [2.45, 2.75) is 105 Å². The number of carbonyl (C=O) groups excluding carboxylic acids is 2. The van der Waals surface area contributed by atoms with Crippen LogP contribution in [0.3, 0.4) is 0 Å². The van der Waals surface area contributed by atoms with Crippen molar-refractivity contribution in [2.24, 2.45) is 0 Å². The summed E-state index contributed by atoms with van der Waals surface area (Å²) >= 11 is 0. The van der Waals surface area contributed by atoms with E-state index in [-0.39, 0.29) is 12.8 Å². The van der Waals surface area contributed by atoms with Crippen LogP contribution in [0, 0.1) is 0 Å². The first kappa shape index (κ1) is 33.3. The Bertz CT molecular complexity index is 1420. The van der Waals surface area contributed by atoms with Crippen LogP contribution in [0.5, 0.6) is 11.5 Å². The van der Waals surface area contributed by atoms with E-state index in [9.17, 15) is 9.59 Å². The molecule has 0 fully saturated rings. The number of hydrogen-bond donors (Lipinski definition) is 2. The summed E-state index contributed by atoms with van der Waals surface area (Å²) in [6.45, 7) is 19.5. The minimum absolute atomic E-state index is 0.0723. The van der Waals surface area contributed by atoms with Crippen molar-refractivity contribution in [3.63, 3.8) is 0 Å². The second-order valence-corrected chi connectivity index (χ2v) is 12.8. The molecule has 0 amide bonds. The molecule has 238 valence electrons. The van der Waals surface area contributed by atoms with Gasteiger partial charge in [0.1, 0.15) is 11.5 Å². The van der Waals surface area contributed by atoms with Crippen molar-refractivity contribution in [1.29, 1.82) is 0 Å². The van der Waals surface area contributed by atoms with Gasteiger partial charge in [-0.1, -0.05) is 12.1 Å². The van der Waals surface area contributed by atoms with Crippen LogP contribution in [-0.4, -0.2) is 69.0 Å². The summed E-state index contributed by atoms with van der Waals surface area (Å²) in [6.07, 6.45) is 5.51. The molecule has 2 heterocycles. The van der Waals surface area contributed by atoms with Crippen LogP contribution in [0.1, 0.15) is 79.4 Å². The number of H-pyrrole nitrogens is 2. The molecular weight excluding hydrogens is 552 g/mol. The number of aromatic amines is 2. The predicted molar refractivity (Wildman–Crippen MR) is 178 cm³/mol. The average Bonchev–Trinajstić information content (AvgIpc) is 3.57. The molecule has 0 unspecified atom stereocenters. The Morgan fingerprint density at radius 3 is 1.32 bits per heavy atom. The molecule has 0 aliphatic heterocycles. The molecule has 8 nitrogen and oxygen atoms in total. The zero-order valence-corrected chi connectivity index (χ0v) is 27.7. The third kappa shape index (κ3) is 8.10. The van der Waals surface area contributed by atoms with Gasteiger partial charge in [0.25, 0.3) is 0 Å². The fraction of sp³-hybridized carbons (Fsp3) is 0.500. The number of benzene rings is 2. The molecule has 0 saturated heterocycles. The van der Waals surface area contributed by atoms with Gasteiger partial charge in [-0.25, -0.2) is 0 Å². The Balaban J connectivity index is 1.39. The zero-order valence-electron chi connectivity index (χ0n) is 27.7. The van der Waals surface area contributed by atoms with Gasteiger partial charge in [0, 0.05) is 71.5 Å². The highest BCUT2D eigenvalue weighted by Crippen LogP contribution is 2.31. The highest BCUT2D eigenvalue weighted by atomic mass is 16.5. The lowest BCUT2D eigenvalue weighted by molar-refractivity contribution is -0.140. The maximum Gasteiger partial charge on any atom is 0.311 e. The van der Waals surface area contributed by atoms with Crippen molar-refractivity contribution in [3.8, 4) is 11.5 Å². The molecule has 2 N–H and O–H groups in total. The van der Waals surface area contributed by atoms with E-state index < -0.39 is 11.9 Å². The van der Waals surface area contributed by atoms with Gasteiger partial charge >= 0.3 is 11.9 Å². The minimum atomic E-state index is -0.462. The lowest BCUT2D eigenvalue weighted by atomic mass is 10.1. The first-order valence-electron chi connectivity index (χ1n) is 16.1. The van der Waals surface area contributed by atoms with Gasteiger partial charge in [0.05, 0.1) is 12.8 Å². The maximum absolute atomic E-state index is 12.9. The Hall–Kier alpha value is -3.62. The largest absolute Gasteiger partial charge is 0.426 e. The van der Waals surface area contributed by atoms with Crippen molar-refractivity contribution >= 4 is 33.7 Å².